The average molecular weight is 238 g/mol. The van der Waals surface area contributed by atoms with Crippen molar-refractivity contribution in [3.05, 3.63) is 23.8 Å². The highest BCUT2D eigenvalue weighted by Gasteiger charge is 2.19. The summed E-state index contributed by atoms with van der Waals surface area (Å²) in [6.07, 6.45) is 0. The van der Waals surface area contributed by atoms with Crippen molar-refractivity contribution in [3.63, 3.8) is 0 Å². The lowest BCUT2D eigenvalue weighted by molar-refractivity contribution is 0.0683. The minimum atomic E-state index is -0.246. The van der Waals surface area contributed by atoms with E-state index in [1.165, 1.54) is 12.0 Å². The van der Waals surface area contributed by atoms with Crippen LogP contribution < -0.4 is 10.5 Å². The Labute approximate surface area is 101 Å². The van der Waals surface area contributed by atoms with Crippen LogP contribution in [0.25, 0.3) is 0 Å². The van der Waals surface area contributed by atoms with E-state index in [0.29, 0.717) is 17.0 Å². The Kier molecular flexibility index (Phi) is 4.34. The molecule has 3 N–H and O–H groups in total. The molecule has 0 saturated heterocycles. The summed E-state index contributed by atoms with van der Waals surface area (Å²) in [4.78, 5) is 13.5. The van der Waals surface area contributed by atoms with E-state index in [1.54, 1.807) is 32.2 Å². The summed E-state index contributed by atoms with van der Waals surface area (Å²) in [5.74, 6) is 0.392. The van der Waals surface area contributed by atoms with Crippen LogP contribution in [0.5, 0.6) is 5.75 Å². The van der Waals surface area contributed by atoms with Gasteiger partial charge in [0.05, 0.1) is 25.3 Å². The highest BCUT2D eigenvalue weighted by molar-refractivity contribution is 5.99. The number of benzene rings is 1. The number of carbonyl (C=O) groups is 1. The van der Waals surface area contributed by atoms with Crippen molar-refractivity contribution < 1.29 is 14.6 Å². The third kappa shape index (κ3) is 2.88. The van der Waals surface area contributed by atoms with Gasteiger partial charge < -0.3 is 20.5 Å². The van der Waals surface area contributed by atoms with E-state index in [2.05, 4.69) is 0 Å². The maximum Gasteiger partial charge on any atom is 0.256 e. The smallest absolute Gasteiger partial charge is 0.256 e. The van der Waals surface area contributed by atoms with Crippen LogP contribution in [-0.2, 0) is 0 Å². The third-order valence-corrected chi connectivity index (χ3v) is 2.73. The van der Waals surface area contributed by atoms with Crippen LogP contribution in [0.3, 0.4) is 0 Å². The van der Waals surface area contributed by atoms with E-state index in [0.717, 1.165) is 0 Å². The third-order valence-electron chi connectivity index (χ3n) is 2.73. The summed E-state index contributed by atoms with van der Waals surface area (Å²) >= 11 is 0. The monoisotopic (exact) mass is 238 g/mol. The van der Waals surface area contributed by atoms with Gasteiger partial charge in [-0.05, 0) is 19.1 Å². The van der Waals surface area contributed by atoms with Gasteiger partial charge in [-0.25, -0.2) is 0 Å². The molecule has 5 nitrogen and oxygen atoms in total. The zero-order valence-electron chi connectivity index (χ0n) is 10.3. The van der Waals surface area contributed by atoms with E-state index >= 15 is 0 Å². The number of aliphatic hydroxyl groups excluding tert-OH is 1. The minimum Gasteiger partial charge on any atom is -0.497 e. The molecule has 0 radical (unpaired) electrons. The Morgan fingerprint density at radius 1 is 1.59 bits per heavy atom. The van der Waals surface area contributed by atoms with Crippen molar-refractivity contribution in [2.24, 2.45) is 0 Å². The van der Waals surface area contributed by atoms with Crippen molar-refractivity contribution in [2.75, 3.05) is 26.5 Å². The van der Waals surface area contributed by atoms with Crippen LogP contribution in [0.4, 0.5) is 5.69 Å². The first kappa shape index (κ1) is 13.3. The van der Waals surface area contributed by atoms with Gasteiger partial charge in [0.2, 0.25) is 0 Å². The number of nitrogens with zero attached hydrogens (tertiary/aromatic N) is 1. The second kappa shape index (κ2) is 5.54. The first-order chi connectivity index (χ1) is 8.01. The number of amides is 1. The van der Waals surface area contributed by atoms with Crippen LogP contribution in [0.1, 0.15) is 17.3 Å². The van der Waals surface area contributed by atoms with Gasteiger partial charge in [-0.1, -0.05) is 0 Å². The largest absolute Gasteiger partial charge is 0.497 e. The van der Waals surface area contributed by atoms with Crippen molar-refractivity contribution in [1.82, 2.24) is 4.90 Å². The van der Waals surface area contributed by atoms with Gasteiger partial charge in [0.15, 0.2) is 0 Å². The Hall–Kier alpha value is -1.75. The lowest BCUT2D eigenvalue weighted by atomic mass is 10.1. The lowest BCUT2D eigenvalue weighted by Crippen LogP contribution is -2.37. The van der Waals surface area contributed by atoms with E-state index in [-0.39, 0.29) is 18.6 Å². The van der Waals surface area contributed by atoms with Crippen LogP contribution >= 0.6 is 0 Å². The van der Waals surface area contributed by atoms with E-state index in [9.17, 15) is 4.79 Å². The summed E-state index contributed by atoms with van der Waals surface area (Å²) < 4.78 is 5.01. The molecule has 1 atom stereocenters. The number of rotatable bonds is 4. The van der Waals surface area contributed by atoms with Crippen LogP contribution in [0.2, 0.25) is 0 Å². The molecular weight excluding hydrogens is 220 g/mol. The number of nitrogen functional groups attached to an aromatic ring is 1. The first-order valence-corrected chi connectivity index (χ1v) is 5.32. The van der Waals surface area contributed by atoms with Gasteiger partial charge in [0, 0.05) is 18.8 Å². The van der Waals surface area contributed by atoms with Gasteiger partial charge in [0.1, 0.15) is 5.75 Å². The SMILES string of the molecule is COc1ccc(C(=O)N(C)C(C)CO)c(N)c1. The second-order valence-corrected chi connectivity index (χ2v) is 3.90. The highest BCUT2D eigenvalue weighted by atomic mass is 16.5. The van der Waals surface area contributed by atoms with Crippen molar-refractivity contribution in [3.8, 4) is 5.75 Å². The molecule has 0 saturated carbocycles. The van der Waals surface area contributed by atoms with Crippen LogP contribution in [0.15, 0.2) is 18.2 Å². The van der Waals surface area contributed by atoms with Gasteiger partial charge in [-0.2, -0.15) is 0 Å². The van der Waals surface area contributed by atoms with Gasteiger partial charge in [0.25, 0.3) is 5.91 Å². The molecule has 0 spiro atoms. The molecule has 0 bridgehead atoms. The summed E-state index contributed by atoms with van der Waals surface area (Å²) in [6.45, 7) is 1.68. The minimum absolute atomic E-state index is 0.0850. The molecule has 0 aliphatic rings. The molecule has 0 aromatic heterocycles. The predicted octanol–water partition coefficient (Wildman–Crippen LogP) is 0.730. The fraction of sp³-hybridized carbons (Fsp3) is 0.417. The summed E-state index contributed by atoms with van der Waals surface area (Å²) in [7, 11) is 3.17. The maximum absolute atomic E-state index is 12.1. The molecule has 1 amide bonds. The number of methoxy groups -OCH3 is 1. The zero-order chi connectivity index (χ0) is 13.0. The molecule has 1 aromatic carbocycles. The molecule has 17 heavy (non-hydrogen) atoms. The molecule has 1 aromatic rings. The average Bonchev–Trinajstić information content (AvgIpc) is 2.35. The molecule has 94 valence electrons. The number of hydrogen-bond donors (Lipinski definition) is 2. The highest BCUT2D eigenvalue weighted by Crippen LogP contribution is 2.21. The maximum atomic E-state index is 12.1. The predicted molar refractivity (Wildman–Crippen MR) is 66.0 cm³/mol. The number of likely N-dealkylation sites (N-methyl/N-ethyl adjacent to an activating group) is 1. The van der Waals surface area contributed by atoms with Crippen LogP contribution in [0, 0.1) is 0 Å². The molecule has 0 aliphatic carbocycles. The van der Waals surface area contributed by atoms with Crippen molar-refractivity contribution >= 4 is 11.6 Å². The fourth-order valence-corrected chi connectivity index (χ4v) is 1.38. The molecule has 0 heterocycles. The van der Waals surface area contributed by atoms with E-state index in [1.807, 2.05) is 0 Å². The van der Waals surface area contributed by atoms with Crippen molar-refractivity contribution in [2.45, 2.75) is 13.0 Å². The molecular formula is C12H18N2O3. The second-order valence-electron chi connectivity index (χ2n) is 3.90. The standard InChI is InChI=1S/C12H18N2O3/c1-8(7-15)14(2)12(16)10-5-4-9(17-3)6-11(10)13/h4-6,8,15H,7,13H2,1-3H3. The summed E-state index contributed by atoms with van der Waals surface area (Å²) in [5, 5.41) is 9.01. The van der Waals surface area contributed by atoms with Crippen molar-refractivity contribution in [1.29, 1.82) is 0 Å². The summed E-state index contributed by atoms with van der Waals surface area (Å²) in [6, 6.07) is 4.66. The lowest BCUT2D eigenvalue weighted by Gasteiger charge is -2.23. The van der Waals surface area contributed by atoms with E-state index in [4.69, 9.17) is 15.6 Å². The molecule has 0 fully saturated rings. The van der Waals surface area contributed by atoms with Gasteiger partial charge in [-0.3, -0.25) is 4.79 Å². The van der Waals surface area contributed by atoms with Gasteiger partial charge >= 0.3 is 0 Å². The van der Waals surface area contributed by atoms with E-state index < -0.39 is 0 Å². The fourth-order valence-electron chi connectivity index (χ4n) is 1.38. The number of hydrogen-bond acceptors (Lipinski definition) is 4. The number of anilines is 1. The normalized spacial score (nSPS) is 12.0. The number of carbonyl (C=O) groups excluding carboxylic acids is 1. The Morgan fingerprint density at radius 2 is 2.24 bits per heavy atom. The Balaban J connectivity index is 2.96. The zero-order valence-corrected chi connectivity index (χ0v) is 10.3. The molecule has 0 aliphatic heterocycles. The topological polar surface area (TPSA) is 75.8 Å². The number of ether oxygens (including phenoxy) is 1. The van der Waals surface area contributed by atoms with Gasteiger partial charge in [-0.15, -0.1) is 0 Å². The molecule has 1 unspecified atom stereocenters. The quantitative estimate of drug-likeness (QED) is 0.758. The Morgan fingerprint density at radius 3 is 2.71 bits per heavy atom. The molecule has 5 heteroatoms. The Bertz CT molecular complexity index is 407. The van der Waals surface area contributed by atoms with Crippen LogP contribution in [-0.4, -0.2) is 42.7 Å². The number of nitrogens with two attached hydrogens (primary N) is 1. The first-order valence-electron chi connectivity index (χ1n) is 5.32. The summed E-state index contributed by atoms with van der Waals surface area (Å²) in [5.41, 5.74) is 6.56. The molecule has 1 rings (SSSR count). The number of aliphatic hydroxyl groups is 1.